The lowest BCUT2D eigenvalue weighted by molar-refractivity contribution is 0.122. The van der Waals surface area contributed by atoms with E-state index >= 15 is 0 Å². The van der Waals surface area contributed by atoms with Crippen molar-refractivity contribution < 1.29 is 4.74 Å². The minimum Gasteiger partial charge on any atom is -0.378 e. The summed E-state index contributed by atoms with van der Waals surface area (Å²) in [6.45, 7) is 6.16. The highest BCUT2D eigenvalue weighted by Gasteiger charge is 2.15. The lowest BCUT2D eigenvalue weighted by Gasteiger charge is -2.27. The van der Waals surface area contributed by atoms with E-state index in [1.54, 1.807) is 0 Å². The van der Waals surface area contributed by atoms with Gasteiger partial charge >= 0.3 is 0 Å². The highest BCUT2D eigenvalue weighted by atomic mass is 16.5. The van der Waals surface area contributed by atoms with Gasteiger partial charge in [0.15, 0.2) is 0 Å². The topological polar surface area (TPSA) is 54.4 Å². The van der Waals surface area contributed by atoms with Crippen LogP contribution in [0.2, 0.25) is 0 Å². The van der Waals surface area contributed by atoms with Gasteiger partial charge in [-0.05, 0) is 26.1 Å². The fourth-order valence-corrected chi connectivity index (χ4v) is 2.63. The molecule has 3 rings (SSSR count). The van der Waals surface area contributed by atoms with E-state index in [1.165, 1.54) is 0 Å². The Kier molecular flexibility index (Phi) is 5.15. The summed E-state index contributed by atoms with van der Waals surface area (Å²) in [6, 6.07) is 6.26. The summed E-state index contributed by atoms with van der Waals surface area (Å²) >= 11 is 0. The molecule has 0 radical (unpaired) electrons. The third-order valence-corrected chi connectivity index (χ3v) is 4.19. The monoisotopic (exact) mass is 313 g/mol. The molecule has 2 aromatic heterocycles. The molecule has 1 aliphatic rings. The fraction of sp³-hybridized carbons (Fsp3) is 0.471. The molecule has 0 aromatic carbocycles. The van der Waals surface area contributed by atoms with Crippen LogP contribution in [-0.2, 0) is 11.3 Å². The molecule has 0 aliphatic carbocycles. The largest absolute Gasteiger partial charge is 0.378 e. The van der Waals surface area contributed by atoms with Crippen LogP contribution in [0, 0.1) is 0 Å². The molecule has 6 nitrogen and oxygen atoms in total. The zero-order valence-corrected chi connectivity index (χ0v) is 13.7. The SMILES string of the molecule is CC(c1ccccn1)N(C)Cc1cnc(N2CCOCC2)nc1. The Morgan fingerprint density at radius 2 is 1.91 bits per heavy atom. The molecule has 122 valence electrons. The van der Waals surface area contributed by atoms with Crippen molar-refractivity contribution in [2.75, 3.05) is 38.3 Å². The van der Waals surface area contributed by atoms with Gasteiger partial charge in [-0.1, -0.05) is 6.07 Å². The van der Waals surface area contributed by atoms with Crippen LogP contribution in [0.1, 0.15) is 24.2 Å². The molecule has 2 aromatic rings. The maximum absolute atomic E-state index is 5.36. The Morgan fingerprint density at radius 1 is 1.17 bits per heavy atom. The lowest BCUT2D eigenvalue weighted by atomic mass is 10.2. The molecule has 1 aliphatic heterocycles. The first kappa shape index (κ1) is 15.8. The third kappa shape index (κ3) is 4.03. The predicted molar refractivity (Wildman–Crippen MR) is 89.2 cm³/mol. The molecule has 0 bridgehead atoms. The normalized spacial score (nSPS) is 16.6. The summed E-state index contributed by atoms with van der Waals surface area (Å²) in [5.41, 5.74) is 2.17. The molecule has 6 heteroatoms. The van der Waals surface area contributed by atoms with Gasteiger partial charge in [0.25, 0.3) is 0 Å². The van der Waals surface area contributed by atoms with E-state index in [1.807, 2.05) is 30.7 Å². The van der Waals surface area contributed by atoms with Crippen LogP contribution in [0.5, 0.6) is 0 Å². The zero-order valence-electron chi connectivity index (χ0n) is 13.7. The van der Waals surface area contributed by atoms with Gasteiger partial charge in [-0.2, -0.15) is 0 Å². The van der Waals surface area contributed by atoms with Crippen LogP contribution < -0.4 is 4.90 Å². The van der Waals surface area contributed by atoms with E-state index in [-0.39, 0.29) is 6.04 Å². The molecule has 3 heterocycles. The maximum Gasteiger partial charge on any atom is 0.225 e. The van der Waals surface area contributed by atoms with Gasteiger partial charge in [0.1, 0.15) is 0 Å². The van der Waals surface area contributed by atoms with Crippen molar-refractivity contribution in [1.29, 1.82) is 0 Å². The van der Waals surface area contributed by atoms with Crippen LogP contribution in [0.25, 0.3) is 0 Å². The van der Waals surface area contributed by atoms with E-state index in [2.05, 4.69) is 44.8 Å². The molecule has 0 spiro atoms. The van der Waals surface area contributed by atoms with Crippen molar-refractivity contribution in [3.63, 3.8) is 0 Å². The van der Waals surface area contributed by atoms with E-state index < -0.39 is 0 Å². The number of aromatic nitrogens is 3. The number of nitrogens with zero attached hydrogens (tertiary/aromatic N) is 5. The smallest absolute Gasteiger partial charge is 0.225 e. The van der Waals surface area contributed by atoms with Crippen LogP contribution in [0.4, 0.5) is 5.95 Å². The first-order valence-corrected chi connectivity index (χ1v) is 7.99. The second kappa shape index (κ2) is 7.48. The van der Waals surface area contributed by atoms with Gasteiger partial charge in [0.2, 0.25) is 5.95 Å². The third-order valence-electron chi connectivity index (χ3n) is 4.19. The van der Waals surface area contributed by atoms with Crippen molar-refractivity contribution in [2.24, 2.45) is 0 Å². The summed E-state index contributed by atoms with van der Waals surface area (Å²) in [4.78, 5) is 17.8. The number of pyridine rings is 1. The first-order valence-electron chi connectivity index (χ1n) is 7.99. The molecule has 0 N–H and O–H groups in total. The van der Waals surface area contributed by atoms with Gasteiger partial charge in [0.05, 0.1) is 18.9 Å². The van der Waals surface area contributed by atoms with E-state index in [9.17, 15) is 0 Å². The minimum atomic E-state index is 0.245. The molecule has 1 unspecified atom stereocenters. The number of rotatable bonds is 5. The maximum atomic E-state index is 5.36. The summed E-state index contributed by atoms with van der Waals surface area (Å²) < 4.78 is 5.36. The zero-order chi connectivity index (χ0) is 16.1. The number of morpholine rings is 1. The Balaban J connectivity index is 1.61. The van der Waals surface area contributed by atoms with Crippen LogP contribution >= 0.6 is 0 Å². The average Bonchev–Trinajstić information content (AvgIpc) is 2.63. The lowest BCUT2D eigenvalue weighted by Crippen LogP contribution is -2.37. The van der Waals surface area contributed by atoms with E-state index in [0.717, 1.165) is 50.1 Å². The quantitative estimate of drug-likeness (QED) is 0.840. The van der Waals surface area contributed by atoms with Gasteiger partial charge in [-0.25, -0.2) is 9.97 Å². The highest BCUT2D eigenvalue weighted by Crippen LogP contribution is 2.18. The van der Waals surface area contributed by atoms with E-state index in [0.29, 0.717) is 0 Å². The van der Waals surface area contributed by atoms with Crippen molar-refractivity contribution in [1.82, 2.24) is 19.9 Å². The standard InChI is InChI=1S/C17H23N5O/c1-14(16-5-3-4-6-18-16)21(2)13-15-11-19-17(20-12-15)22-7-9-23-10-8-22/h3-6,11-12,14H,7-10,13H2,1-2H3. The minimum absolute atomic E-state index is 0.245. The highest BCUT2D eigenvalue weighted by molar-refractivity contribution is 5.30. The number of hydrogen-bond acceptors (Lipinski definition) is 6. The predicted octanol–water partition coefficient (Wildman–Crippen LogP) is 1.90. The molecule has 0 saturated carbocycles. The van der Waals surface area contributed by atoms with Crippen LogP contribution in [0.15, 0.2) is 36.8 Å². The number of anilines is 1. The summed E-state index contributed by atoms with van der Waals surface area (Å²) in [5.74, 6) is 0.789. The van der Waals surface area contributed by atoms with Crippen LogP contribution in [-0.4, -0.2) is 53.2 Å². The summed E-state index contributed by atoms with van der Waals surface area (Å²) in [5, 5.41) is 0. The van der Waals surface area contributed by atoms with Crippen molar-refractivity contribution in [3.05, 3.63) is 48.0 Å². The molecular formula is C17H23N5O. The molecular weight excluding hydrogens is 290 g/mol. The average molecular weight is 313 g/mol. The second-order valence-electron chi connectivity index (χ2n) is 5.84. The molecule has 1 fully saturated rings. The number of hydrogen-bond donors (Lipinski definition) is 0. The van der Waals surface area contributed by atoms with Crippen molar-refractivity contribution in [2.45, 2.75) is 19.5 Å². The van der Waals surface area contributed by atoms with Crippen molar-refractivity contribution >= 4 is 5.95 Å². The van der Waals surface area contributed by atoms with Gasteiger partial charge in [-0.3, -0.25) is 9.88 Å². The Hall–Kier alpha value is -2.05. The van der Waals surface area contributed by atoms with Crippen LogP contribution in [0.3, 0.4) is 0 Å². The van der Waals surface area contributed by atoms with Gasteiger partial charge in [0, 0.05) is 49.8 Å². The Labute approximate surface area is 137 Å². The van der Waals surface area contributed by atoms with Gasteiger partial charge < -0.3 is 9.64 Å². The molecule has 1 saturated heterocycles. The number of ether oxygens (including phenoxy) is 1. The fourth-order valence-electron chi connectivity index (χ4n) is 2.63. The first-order chi connectivity index (χ1) is 11.2. The summed E-state index contributed by atoms with van der Waals surface area (Å²) in [7, 11) is 2.09. The molecule has 0 amide bonds. The van der Waals surface area contributed by atoms with E-state index in [4.69, 9.17) is 4.74 Å². The molecule has 1 atom stereocenters. The van der Waals surface area contributed by atoms with Gasteiger partial charge in [-0.15, -0.1) is 0 Å². The molecule has 23 heavy (non-hydrogen) atoms. The summed E-state index contributed by atoms with van der Waals surface area (Å²) in [6.07, 6.45) is 5.67. The Bertz CT molecular complexity index is 598. The second-order valence-corrected chi connectivity index (χ2v) is 5.84. The van der Waals surface area contributed by atoms with Crippen molar-refractivity contribution in [3.8, 4) is 0 Å². The Morgan fingerprint density at radius 3 is 2.57 bits per heavy atom.